The van der Waals surface area contributed by atoms with E-state index in [4.69, 9.17) is 0 Å². The number of aromatic nitrogens is 1. The topological polar surface area (TPSA) is 118 Å². The second-order valence-corrected chi connectivity index (χ2v) is 13.9. The lowest BCUT2D eigenvalue weighted by atomic mass is 9.85. The molecule has 3 N–H and O–H groups in total. The number of unbranched alkanes of at least 4 members (excludes halogenated alkanes) is 1. The van der Waals surface area contributed by atoms with Crippen molar-refractivity contribution >= 4 is 29.1 Å². The Bertz CT molecular complexity index is 1240. The highest BCUT2D eigenvalue weighted by Crippen LogP contribution is 2.28. The zero-order valence-electron chi connectivity index (χ0n) is 26.3. The Morgan fingerprint density at radius 3 is 2.42 bits per heavy atom. The highest BCUT2D eigenvalue weighted by atomic mass is 32.1. The average Bonchev–Trinajstić information content (AvgIpc) is 3.58. The highest BCUT2D eigenvalue weighted by Gasteiger charge is 2.44. The third kappa shape index (κ3) is 9.07. The van der Waals surface area contributed by atoms with Crippen molar-refractivity contribution in [2.24, 2.45) is 5.41 Å². The van der Waals surface area contributed by atoms with Crippen molar-refractivity contribution in [2.45, 2.75) is 78.1 Å². The number of aliphatic hydroxyl groups is 1. The van der Waals surface area contributed by atoms with Crippen molar-refractivity contribution in [3.63, 3.8) is 0 Å². The van der Waals surface area contributed by atoms with Crippen LogP contribution in [-0.2, 0) is 20.9 Å². The van der Waals surface area contributed by atoms with E-state index in [2.05, 4.69) is 32.5 Å². The van der Waals surface area contributed by atoms with E-state index in [-0.39, 0.29) is 30.7 Å². The lowest BCUT2D eigenvalue weighted by Gasteiger charge is -2.35. The van der Waals surface area contributed by atoms with Crippen LogP contribution in [0.1, 0.15) is 57.7 Å². The zero-order valence-corrected chi connectivity index (χ0v) is 27.1. The van der Waals surface area contributed by atoms with Gasteiger partial charge >= 0.3 is 0 Å². The molecule has 236 valence electrons. The third-order valence-electron chi connectivity index (χ3n) is 8.44. The maximum absolute atomic E-state index is 13.8. The number of aliphatic hydroxyl groups excluding tert-OH is 1. The van der Waals surface area contributed by atoms with Crippen molar-refractivity contribution in [1.29, 1.82) is 0 Å². The van der Waals surface area contributed by atoms with Crippen LogP contribution in [0.4, 0.5) is 0 Å². The molecule has 3 heterocycles. The van der Waals surface area contributed by atoms with Gasteiger partial charge in [0, 0.05) is 52.1 Å². The van der Waals surface area contributed by atoms with Crippen molar-refractivity contribution < 1.29 is 19.5 Å². The van der Waals surface area contributed by atoms with E-state index in [1.54, 1.807) is 11.3 Å². The molecule has 2 aliphatic rings. The van der Waals surface area contributed by atoms with Crippen molar-refractivity contribution in [3.05, 3.63) is 41.0 Å². The first-order valence-electron chi connectivity index (χ1n) is 15.4. The molecule has 0 saturated carbocycles. The molecular formula is C32H48N6O4S. The molecular weight excluding hydrogens is 564 g/mol. The number of benzene rings is 1. The summed E-state index contributed by atoms with van der Waals surface area (Å²) in [4.78, 5) is 51.7. The van der Waals surface area contributed by atoms with Gasteiger partial charge < -0.3 is 30.4 Å². The molecule has 0 spiro atoms. The van der Waals surface area contributed by atoms with Crippen molar-refractivity contribution in [3.8, 4) is 10.4 Å². The fourth-order valence-electron chi connectivity index (χ4n) is 5.71. The normalized spacial score (nSPS) is 20.7. The number of likely N-dealkylation sites (tertiary alicyclic amines) is 1. The van der Waals surface area contributed by atoms with Crippen molar-refractivity contribution in [1.82, 2.24) is 30.3 Å². The number of nitrogens with zero attached hydrogens (tertiary/aromatic N) is 4. The Balaban J connectivity index is 1.30. The molecule has 2 saturated heterocycles. The van der Waals surface area contributed by atoms with Gasteiger partial charge in [-0.1, -0.05) is 45.0 Å². The van der Waals surface area contributed by atoms with Crippen LogP contribution in [-0.4, -0.2) is 107 Å². The first-order valence-corrected chi connectivity index (χ1v) is 16.3. The predicted octanol–water partition coefficient (Wildman–Crippen LogP) is 2.65. The molecule has 3 amide bonds. The van der Waals surface area contributed by atoms with Gasteiger partial charge in [0.2, 0.25) is 17.7 Å². The Morgan fingerprint density at radius 2 is 1.79 bits per heavy atom. The summed E-state index contributed by atoms with van der Waals surface area (Å²) in [5.41, 5.74) is 4.26. The van der Waals surface area contributed by atoms with Crippen LogP contribution in [0.2, 0.25) is 0 Å². The molecule has 2 fully saturated rings. The fraction of sp³-hybridized carbons (Fsp3) is 0.625. The van der Waals surface area contributed by atoms with Crippen LogP contribution in [0.3, 0.4) is 0 Å². The Kier molecular flexibility index (Phi) is 11.3. The van der Waals surface area contributed by atoms with Crippen LogP contribution in [0, 0.1) is 12.3 Å². The molecule has 11 heteroatoms. The van der Waals surface area contributed by atoms with Gasteiger partial charge in [-0.05, 0) is 49.9 Å². The van der Waals surface area contributed by atoms with Crippen LogP contribution < -0.4 is 10.6 Å². The summed E-state index contributed by atoms with van der Waals surface area (Å²) in [7, 11) is 2.14. The summed E-state index contributed by atoms with van der Waals surface area (Å²) in [6, 6.07) is 6.36. The van der Waals surface area contributed by atoms with Gasteiger partial charge in [-0.25, -0.2) is 4.98 Å². The van der Waals surface area contributed by atoms with E-state index < -0.39 is 23.6 Å². The summed E-state index contributed by atoms with van der Waals surface area (Å²) in [5.74, 6) is -0.807. The van der Waals surface area contributed by atoms with Crippen molar-refractivity contribution in [2.75, 3.05) is 46.3 Å². The fourth-order valence-corrected chi connectivity index (χ4v) is 6.52. The minimum absolute atomic E-state index is 0.0628. The maximum Gasteiger partial charge on any atom is 0.246 e. The Labute approximate surface area is 259 Å². The minimum Gasteiger partial charge on any atom is -0.391 e. The van der Waals surface area contributed by atoms with Gasteiger partial charge in [0.05, 0.1) is 22.2 Å². The summed E-state index contributed by atoms with van der Waals surface area (Å²) in [5, 5.41) is 16.4. The molecule has 43 heavy (non-hydrogen) atoms. The number of nitrogens with one attached hydrogen (secondary N) is 2. The second kappa shape index (κ2) is 14.7. The summed E-state index contributed by atoms with van der Waals surface area (Å²) in [6.45, 7) is 13.3. The lowest BCUT2D eigenvalue weighted by Crippen LogP contribution is -2.57. The quantitative estimate of drug-likeness (QED) is 0.334. The number of aryl methyl sites for hydroxylation is 1. The van der Waals surface area contributed by atoms with Gasteiger partial charge in [-0.15, -0.1) is 11.3 Å². The van der Waals surface area contributed by atoms with Gasteiger partial charge in [-0.2, -0.15) is 0 Å². The van der Waals surface area contributed by atoms with Gasteiger partial charge in [-0.3, -0.25) is 14.4 Å². The van der Waals surface area contributed by atoms with Crippen LogP contribution >= 0.6 is 11.3 Å². The zero-order chi connectivity index (χ0) is 31.1. The predicted molar refractivity (Wildman–Crippen MR) is 169 cm³/mol. The van der Waals surface area contributed by atoms with E-state index >= 15 is 0 Å². The minimum atomic E-state index is -0.805. The smallest absolute Gasteiger partial charge is 0.246 e. The van der Waals surface area contributed by atoms with E-state index in [1.807, 2.05) is 57.5 Å². The van der Waals surface area contributed by atoms with E-state index in [0.717, 1.165) is 67.3 Å². The number of β-amino-alcohol motifs (C(OH)–C–C–N with tert-alkyl or cyclic N) is 1. The standard InChI is InChI=1S/C32H48N6O4S/c1-22-28(43-21-34-22)24-11-9-23(10-12-24)19-33-30(41)26-18-25(39)20-38(26)31(42)29(32(2,3)4)35-27(40)8-6-7-13-37-16-14-36(5)15-17-37/h9-12,21,25-26,29,39H,6-8,13-20H2,1-5H3,(H,33,41)(H,35,40)/t25-,26-,29+/m0/s1. The van der Waals surface area contributed by atoms with Gasteiger partial charge in [0.15, 0.2) is 0 Å². The second-order valence-electron chi connectivity index (χ2n) is 13.0. The first-order chi connectivity index (χ1) is 20.4. The molecule has 0 bridgehead atoms. The average molecular weight is 613 g/mol. The summed E-state index contributed by atoms with van der Waals surface area (Å²) >= 11 is 1.59. The molecule has 0 aliphatic carbocycles. The monoisotopic (exact) mass is 612 g/mol. The van der Waals surface area contributed by atoms with Crippen LogP contribution in [0.25, 0.3) is 10.4 Å². The first kappa shape index (κ1) is 33.0. The Morgan fingerprint density at radius 1 is 1.09 bits per heavy atom. The molecule has 3 atom stereocenters. The maximum atomic E-state index is 13.8. The number of hydrogen-bond donors (Lipinski definition) is 3. The highest BCUT2D eigenvalue weighted by molar-refractivity contribution is 7.13. The molecule has 2 aliphatic heterocycles. The number of hydrogen-bond acceptors (Lipinski definition) is 8. The van der Waals surface area contributed by atoms with Gasteiger partial charge in [0.25, 0.3) is 0 Å². The van der Waals surface area contributed by atoms with Crippen LogP contribution in [0.5, 0.6) is 0 Å². The Hall–Kier alpha value is -2.86. The molecule has 10 nitrogen and oxygen atoms in total. The van der Waals surface area contributed by atoms with Gasteiger partial charge in [0.1, 0.15) is 12.1 Å². The molecule has 4 rings (SSSR count). The van der Waals surface area contributed by atoms with E-state index in [0.29, 0.717) is 13.0 Å². The molecule has 2 aromatic rings. The molecule has 1 aromatic carbocycles. The number of likely N-dealkylation sites (N-methyl/N-ethyl adjacent to an activating group) is 1. The number of rotatable bonds is 11. The van der Waals surface area contributed by atoms with Crippen LogP contribution in [0.15, 0.2) is 29.8 Å². The lowest BCUT2D eigenvalue weighted by molar-refractivity contribution is -0.144. The SMILES string of the molecule is Cc1ncsc1-c1ccc(CNC(=O)[C@@H]2C[C@H](O)CN2C(=O)[C@@H](NC(=O)CCCCN2CCN(C)CC2)C(C)(C)C)cc1. The third-order valence-corrected chi connectivity index (χ3v) is 9.41. The number of carbonyl (C=O) groups is 3. The number of piperazine rings is 1. The molecule has 0 radical (unpaired) electrons. The number of carbonyl (C=O) groups excluding carboxylic acids is 3. The largest absolute Gasteiger partial charge is 0.391 e. The summed E-state index contributed by atoms with van der Waals surface area (Å²) in [6.07, 6.45) is 1.40. The van der Waals surface area contributed by atoms with E-state index in [1.165, 1.54) is 4.90 Å². The summed E-state index contributed by atoms with van der Waals surface area (Å²) < 4.78 is 0. The number of thiazole rings is 1. The molecule has 0 unspecified atom stereocenters. The number of amides is 3. The van der Waals surface area contributed by atoms with E-state index in [9.17, 15) is 19.5 Å². The molecule has 1 aromatic heterocycles.